The number of hydrogen-bond acceptors (Lipinski definition) is 2. The fourth-order valence-electron chi connectivity index (χ4n) is 0.729. The quantitative estimate of drug-likeness (QED) is 0.790. The molecule has 0 unspecified atom stereocenters. The summed E-state index contributed by atoms with van der Waals surface area (Å²) in [6.07, 6.45) is 0. The van der Waals surface area contributed by atoms with Crippen LogP contribution in [0.15, 0.2) is 18.2 Å². The van der Waals surface area contributed by atoms with Gasteiger partial charge in [0.05, 0.1) is 10.7 Å². The van der Waals surface area contributed by atoms with Crippen LogP contribution in [0.4, 0.5) is 10.1 Å². The molecule has 4 nitrogen and oxygen atoms in total. The van der Waals surface area contributed by atoms with Gasteiger partial charge in [-0.1, -0.05) is 11.6 Å². The second kappa shape index (κ2) is 3.49. The Labute approximate surface area is 79.7 Å². The van der Waals surface area contributed by atoms with Gasteiger partial charge in [-0.25, -0.2) is 9.53 Å². The van der Waals surface area contributed by atoms with Gasteiger partial charge >= 0.3 is 0 Å². The Morgan fingerprint density at radius 2 is 2.08 bits per heavy atom. The third kappa shape index (κ3) is 3.17. The van der Waals surface area contributed by atoms with Crippen molar-refractivity contribution in [3.05, 3.63) is 29.0 Å². The van der Waals surface area contributed by atoms with Crippen molar-refractivity contribution < 1.29 is 12.8 Å². The predicted molar refractivity (Wildman–Crippen MR) is 48.1 cm³/mol. The molecule has 13 heavy (non-hydrogen) atoms. The third-order valence-electron chi connectivity index (χ3n) is 1.18. The van der Waals surface area contributed by atoms with Crippen LogP contribution < -0.4 is 9.86 Å². The Hall–Kier alpha value is -0.850. The van der Waals surface area contributed by atoms with Crippen LogP contribution in [0.5, 0.6) is 0 Å². The van der Waals surface area contributed by atoms with Crippen LogP contribution in [-0.2, 0) is 10.2 Å². The van der Waals surface area contributed by atoms with E-state index in [1.807, 2.05) is 4.72 Å². The molecule has 7 heteroatoms. The van der Waals surface area contributed by atoms with E-state index in [1.54, 1.807) is 0 Å². The topological polar surface area (TPSA) is 72.2 Å². The van der Waals surface area contributed by atoms with Crippen LogP contribution in [0.1, 0.15) is 0 Å². The Morgan fingerprint density at radius 3 is 2.62 bits per heavy atom. The number of hydrogen-bond donors (Lipinski definition) is 2. The molecule has 0 aliphatic rings. The molecule has 0 aliphatic carbocycles. The van der Waals surface area contributed by atoms with Crippen molar-refractivity contribution in [1.29, 1.82) is 0 Å². The monoisotopic (exact) mass is 224 g/mol. The van der Waals surface area contributed by atoms with Crippen molar-refractivity contribution in [1.82, 2.24) is 0 Å². The highest BCUT2D eigenvalue weighted by molar-refractivity contribution is 7.90. The lowest BCUT2D eigenvalue weighted by atomic mass is 10.3. The van der Waals surface area contributed by atoms with Gasteiger partial charge in [0, 0.05) is 0 Å². The summed E-state index contributed by atoms with van der Waals surface area (Å²) in [4.78, 5) is 0. The lowest BCUT2D eigenvalue weighted by Crippen LogP contribution is -2.21. The van der Waals surface area contributed by atoms with Crippen molar-refractivity contribution in [2.24, 2.45) is 5.14 Å². The highest BCUT2D eigenvalue weighted by Gasteiger charge is 2.07. The molecular formula is C6H6ClFN2O2S. The zero-order chi connectivity index (χ0) is 10.1. The number of nitrogens with two attached hydrogens (primary N) is 1. The minimum atomic E-state index is -3.92. The van der Waals surface area contributed by atoms with E-state index in [4.69, 9.17) is 11.6 Å². The second-order valence-corrected chi connectivity index (χ2v) is 3.97. The summed E-state index contributed by atoms with van der Waals surface area (Å²) in [7, 11) is -3.92. The maximum atomic E-state index is 12.6. The summed E-state index contributed by atoms with van der Waals surface area (Å²) in [6.45, 7) is 0. The smallest absolute Gasteiger partial charge is 0.270 e. The third-order valence-corrected chi connectivity index (χ3v) is 2.01. The first kappa shape index (κ1) is 10.2. The first-order valence-electron chi connectivity index (χ1n) is 3.14. The highest BCUT2D eigenvalue weighted by Crippen LogP contribution is 2.22. The van der Waals surface area contributed by atoms with Gasteiger partial charge in [0.2, 0.25) is 0 Å². The first-order chi connectivity index (χ1) is 5.88. The molecule has 0 saturated carbocycles. The molecule has 0 aromatic heterocycles. The summed E-state index contributed by atoms with van der Waals surface area (Å²) >= 11 is 5.55. The SMILES string of the molecule is NS(=O)(=O)Nc1cc(F)ccc1Cl. The Bertz CT molecular complexity index is 421. The van der Waals surface area contributed by atoms with Crippen LogP contribution in [0.3, 0.4) is 0 Å². The molecule has 0 aliphatic heterocycles. The molecule has 1 rings (SSSR count). The van der Waals surface area contributed by atoms with Crippen molar-refractivity contribution in [2.75, 3.05) is 4.72 Å². The molecule has 1 aromatic rings. The first-order valence-corrected chi connectivity index (χ1v) is 5.06. The summed E-state index contributed by atoms with van der Waals surface area (Å²) < 4.78 is 35.6. The number of nitrogens with one attached hydrogen (secondary N) is 1. The number of anilines is 1. The maximum absolute atomic E-state index is 12.6. The average Bonchev–Trinajstić information content (AvgIpc) is 1.94. The van der Waals surface area contributed by atoms with Gasteiger partial charge in [0.1, 0.15) is 5.82 Å². The summed E-state index contributed by atoms with van der Waals surface area (Å²) in [5, 5.41) is 4.75. The maximum Gasteiger partial charge on any atom is 0.296 e. The number of rotatable bonds is 2. The van der Waals surface area contributed by atoms with E-state index in [-0.39, 0.29) is 10.7 Å². The predicted octanol–water partition coefficient (Wildman–Crippen LogP) is 1.09. The van der Waals surface area contributed by atoms with Crippen molar-refractivity contribution in [3.63, 3.8) is 0 Å². The number of benzene rings is 1. The highest BCUT2D eigenvalue weighted by atomic mass is 35.5. The molecule has 1 aromatic carbocycles. The fraction of sp³-hybridized carbons (Fsp3) is 0. The summed E-state index contributed by atoms with van der Waals surface area (Å²) in [6, 6.07) is 3.27. The molecule has 3 N–H and O–H groups in total. The van der Waals surface area contributed by atoms with Crippen LogP contribution in [0.25, 0.3) is 0 Å². The zero-order valence-corrected chi connectivity index (χ0v) is 7.86. The van der Waals surface area contributed by atoms with Crippen molar-refractivity contribution >= 4 is 27.5 Å². The normalized spacial score (nSPS) is 11.3. The minimum Gasteiger partial charge on any atom is -0.270 e. The van der Waals surface area contributed by atoms with E-state index in [0.29, 0.717) is 0 Å². The Morgan fingerprint density at radius 1 is 1.46 bits per heavy atom. The minimum absolute atomic E-state index is 0.0791. The molecule has 0 radical (unpaired) electrons. The van der Waals surface area contributed by atoms with Gasteiger partial charge in [-0.15, -0.1) is 0 Å². The van der Waals surface area contributed by atoms with Crippen molar-refractivity contribution in [2.45, 2.75) is 0 Å². The van der Waals surface area contributed by atoms with Crippen molar-refractivity contribution in [3.8, 4) is 0 Å². The molecule has 0 heterocycles. The van der Waals surface area contributed by atoms with E-state index in [1.165, 1.54) is 6.07 Å². The second-order valence-electron chi connectivity index (χ2n) is 2.27. The number of halogens is 2. The Balaban J connectivity index is 3.08. The molecule has 0 spiro atoms. The standard InChI is InChI=1S/C6H6ClFN2O2S/c7-5-2-1-4(8)3-6(5)10-13(9,11)12/h1-3,10H,(H2,9,11,12). The van der Waals surface area contributed by atoms with Crippen LogP contribution in [-0.4, -0.2) is 8.42 Å². The molecule has 0 fully saturated rings. The fourth-order valence-corrected chi connectivity index (χ4v) is 1.43. The van der Waals surface area contributed by atoms with Gasteiger partial charge in [0.25, 0.3) is 10.2 Å². The molecule has 0 saturated heterocycles. The van der Waals surface area contributed by atoms with Gasteiger partial charge in [-0.2, -0.15) is 8.42 Å². The summed E-state index contributed by atoms with van der Waals surface area (Å²) in [5.41, 5.74) is -0.0795. The van der Waals surface area contributed by atoms with E-state index in [9.17, 15) is 12.8 Å². The van der Waals surface area contributed by atoms with E-state index >= 15 is 0 Å². The molecular weight excluding hydrogens is 219 g/mol. The van der Waals surface area contributed by atoms with E-state index < -0.39 is 16.0 Å². The van der Waals surface area contributed by atoms with Gasteiger partial charge in [-0.3, -0.25) is 4.72 Å². The largest absolute Gasteiger partial charge is 0.296 e. The van der Waals surface area contributed by atoms with E-state index in [0.717, 1.165) is 12.1 Å². The lowest BCUT2D eigenvalue weighted by molar-refractivity contribution is 0.602. The molecule has 0 bridgehead atoms. The van der Waals surface area contributed by atoms with Gasteiger partial charge in [0.15, 0.2) is 0 Å². The summed E-state index contributed by atoms with van der Waals surface area (Å²) in [5.74, 6) is -0.601. The van der Waals surface area contributed by atoms with Crippen LogP contribution in [0, 0.1) is 5.82 Å². The zero-order valence-electron chi connectivity index (χ0n) is 6.29. The van der Waals surface area contributed by atoms with Gasteiger partial charge < -0.3 is 0 Å². The Kier molecular flexibility index (Phi) is 2.74. The van der Waals surface area contributed by atoms with Gasteiger partial charge in [-0.05, 0) is 18.2 Å². The van der Waals surface area contributed by atoms with E-state index in [2.05, 4.69) is 5.14 Å². The molecule has 0 atom stereocenters. The molecule has 72 valence electrons. The van der Waals surface area contributed by atoms with Crippen LogP contribution in [0.2, 0.25) is 5.02 Å². The molecule has 0 amide bonds. The lowest BCUT2D eigenvalue weighted by Gasteiger charge is -2.04. The van der Waals surface area contributed by atoms with Crippen LogP contribution >= 0.6 is 11.6 Å². The average molecular weight is 225 g/mol.